The van der Waals surface area contributed by atoms with Crippen molar-refractivity contribution in [2.75, 3.05) is 18.4 Å². The molecule has 2 unspecified atom stereocenters. The van der Waals surface area contributed by atoms with E-state index in [1.165, 1.54) is 32.4 Å². The maximum atomic E-state index is 6.19. The summed E-state index contributed by atoms with van der Waals surface area (Å²) in [6.07, 6.45) is 3.85. The van der Waals surface area contributed by atoms with Crippen LogP contribution in [0, 0.1) is 0 Å². The quantitative estimate of drug-likeness (QED) is 0.883. The first-order valence-corrected chi connectivity index (χ1v) is 6.95. The van der Waals surface area contributed by atoms with E-state index in [0.717, 1.165) is 5.69 Å². The largest absolute Gasteiger partial charge is 0.379 e. The molecule has 0 aromatic heterocycles. The van der Waals surface area contributed by atoms with E-state index in [0.29, 0.717) is 22.1 Å². The van der Waals surface area contributed by atoms with Crippen LogP contribution in [0.5, 0.6) is 0 Å². The van der Waals surface area contributed by atoms with E-state index in [1.54, 1.807) is 6.07 Å². The number of hydrogen-bond acceptors (Lipinski definition) is 2. The van der Waals surface area contributed by atoms with E-state index in [9.17, 15) is 0 Å². The second kappa shape index (κ2) is 4.68. The Hall–Kier alpha value is -0.440. The van der Waals surface area contributed by atoms with Gasteiger partial charge in [-0.3, -0.25) is 4.90 Å². The lowest BCUT2D eigenvalue weighted by atomic mass is 10.1. The summed E-state index contributed by atoms with van der Waals surface area (Å²) in [5, 5.41) is 4.98. The Morgan fingerprint density at radius 1 is 1.18 bits per heavy atom. The van der Waals surface area contributed by atoms with Crippen LogP contribution >= 0.6 is 23.2 Å². The van der Waals surface area contributed by atoms with Crippen LogP contribution in [0.2, 0.25) is 10.0 Å². The second-order valence-electron chi connectivity index (χ2n) is 4.91. The number of fused-ring (bicyclic) bond motifs is 1. The Balaban J connectivity index is 1.74. The minimum Gasteiger partial charge on any atom is -0.379 e. The highest BCUT2D eigenvalue weighted by molar-refractivity contribution is 6.36. The number of anilines is 1. The van der Waals surface area contributed by atoms with Crippen molar-refractivity contribution >= 4 is 28.9 Å². The van der Waals surface area contributed by atoms with Crippen molar-refractivity contribution in [1.29, 1.82) is 0 Å². The zero-order valence-corrected chi connectivity index (χ0v) is 11.1. The third-order valence-corrected chi connectivity index (χ3v) is 4.43. The predicted octanol–water partition coefficient (Wildman–Crippen LogP) is 3.64. The first kappa shape index (κ1) is 11.6. The molecule has 0 aliphatic carbocycles. The minimum absolute atomic E-state index is 0.538. The smallest absolute Gasteiger partial charge is 0.0652 e. The van der Waals surface area contributed by atoms with E-state index >= 15 is 0 Å². The van der Waals surface area contributed by atoms with E-state index < -0.39 is 0 Å². The highest BCUT2D eigenvalue weighted by Crippen LogP contribution is 2.32. The van der Waals surface area contributed by atoms with Gasteiger partial charge < -0.3 is 5.32 Å². The Bertz CT molecular complexity index is 422. The van der Waals surface area contributed by atoms with Crippen LogP contribution in [-0.4, -0.2) is 30.1 Å². The molecule has 0 amide bonds. The molecule has 0 spiro atoms. The molecule has 0 bridgehead atoms. The normalized spacial score (nSPS) is 28.4. The highest BCUT2D eigenvalue weighted by Gasteiger charge is 2.37. The van der Waals surface area contributed by atoms with Crippen LogP contribution in [-0.2, 0) is 0 Å². The summed E-state index contributed by atoms with van der Waals surface area (Å²) in [7, 11) is 0. The number of rotatable bonds is 2. The predicted molar refractivity (Wildman–Crippen MR) is 73.1 cm³/mol. The van der Waals surface area contributed by atoms with Crippen molar-refractivity contribution in [1.82, 2.24) is 4.90 Å². The average molecular weight is 271 g/mol. The van der Waals surface area contributed by atoms with Gasteiger partial charge in [0.1, 0.15) is 0 Å². The van der Waals surface area contributed by atoms with E-state index in [-0.39, 0.29) is 0 Å². The standard InChI is InChI=1S/C13H16Cl2N2/c14-9-3-4-11(10(15)8-9)16-12-5-7-17-6-1-2-13(12)17/h3-4,8,12-13,16H,1-2,5-7H2. The number of benzene rings is 1. The van der Waals surface area contributed by atoms with Crippen LogP contribution in [0.25, 0.3) is 0 Å². The topological polar surface area (TPSA) is 15.3 Å². The molecule has 1 aromatic rings. The zero-order chi connectivity index (χ0) is 11.8. The Labute approximate surface area is 112 Å². The number of nitrogens with one attached hydrogen (secondary N) is 1. The van der Waals surface area contributed by atoms with E-state index in [2.05, 4.69) is 10.2 Å². The van der Waals surface area contributed by atoms with Gasteiger partial charge in [-0.1, -0.05) is 23.2 Å². The molecule has 1 aromatic carbocycles. The molecule has 2 aliphatic heterocycles. The lowest BCUT2D eigenvalue weighted by Gasteiger charge is -2.22. The minimum atomic E-state index is 0.538. The molecule has 3 rings (SSSR count). The summed E-state index contributed by atoms with van der Waals surface area (Å²) in [6, 6.07) is 6.89. The molecule has 92 valence electrons. The number of nitrogens with zero attached hydrogens (tertiary/aromatic N) is 1. The molecule has 2 nitrogen and oxygen atoms in total. The molecule has 0 radical (unpaired) electrons. The van der Waals surface area contributed by atoms with Crippen LogP contribution in [0.1, 0.15) is 19.3 Å². The molecule has 2 heterocycles. The van der Waals surface area contributed by atoms with Gasteiger partial charge in [-0.15, -0.1) is 0 Å². The summed E-state index contributed by atoms with van der Waals surface area (Å²) >= 11 is 12.1. The monoisotopic (exact) mass is 270 g/mol. The van der Waals surface area contributed by atoms with Gasteiger partial charge in [0.2, 0.25) is 0 Å². The highest BCUT2D eigenvalue weighted by atomic mass is 35.5. The Kier molecular flexibility index (Phi) is 3.20. The summed E-state index contributed by atoms with van der Waals surface area (Å²) in [5.74, 6) is 0. The van der Waals surface area contributed by atoms with Crippen molar-refractivity contribution < 1.29 is 0 Å². The van der Waals surface area contributed by atoms with Crippen LogP contribution in [0.4, 0.5) is 5.69 Å². The molecule has 2 saturated heterocycles. The van der Waals surface area contributed by atoms with Gasteiger partial charge >= 0.3 is 0 Å². The first-order valence-electron chi connectivity index (χ1n) is 6.20. The van der Waals surface area contributed by atoms with Gasteiger partial charge in [-0.05, 0) is 44.0 Å². The molecule has 4 heteroatoms. The number of hydrogen-bond donors (Lipinski definition) is 1. The van der Waals surface area contributed by atoms with Gasteiger partial charge in [-0.2, -0.15) is 0 Å². The van der Waals surface area contributed by atoms with Gasteiger partial charge in [-0.25, -0.2) is 0 Å². The van der Waals surface area contributed by atoms with Gasteiger partial charge in [0.15, 0.2) is 0 Å². The number of halogens is 2. The summed E-state index contributed by atoms with van der Waals surface area (Å²) < 4.78 is 0. The molecule has 17 heavy (non-hydrogen) atoms. The Morgan fingerprint density at radius 2 is 2.06 bits per heavy atom. The average Bonchev–Trinajstić information content (AvgIpc) is 2.86. The van der Waals surface area contributed by atoms with Crippen LogP contribution in [0.3, 0.4) is 0 Å². The summed E-state index contributed by atoms with van der Waals surface area (Å²) in [6.45, 7) is 2.48. The van der Waals surface area contributed by atoms with Crippen molar-refractivity contribution in [2.24, 2.45) is 0 Å². The molecule has 0 saturated carbocycles. The molecule has 1 N–H and O–H groups in total. The molecule has 2 aliphatic rings. The summed E-state index contributed by atoms with van der Waals surface area (Å²) in [5.41, 5.74) is 1.01. The molecular formula is C13H16Cl2N2. The Morgan fingerprint density at radius 3 is 2.88 bits per heavy atom. The second-order valence-corrected chi connectivity index (χ2v) is 5.75. The fourth-order valence-corrected chi connectivity index (χ4v) is 3.52. The molecule has 2 fully saturated rings. The van der Waals surface area contributed by atoms with Crippen molar-refractivity contribution in [3.8, 4) is 0 Å². The van der Waals surface area contributed by atoms with Crippen molar-refractivity contribution in [3.05, 3.63) is 28.2 Å². The van der Waals surface area contributed by atoms with Crippen LogP contribution in [0.15, 0.2) is 18.2 Å². The maximum Gasteiger partial charge on any atom is 0.0652 e. The van der Waals surface area contributed by atoms with Gasteiger partial charge in [0, 0.05) is 23.7 Å². The molecule has 2 atom stereocenters. The SMILES string of the molecule is Clc1ccc(NC2CCN3CCCC23)c(Cl)c1. The zero-order valence-electron chi connectivity index (χ0n) is 9.63. The van der Waals surface area contributed by atoms with E-state index in [1.807, 2.05) is 12.1 Å². The fourth-order valence-electron chi connectivity index (χ4n) is 3.06. The van der Waals surface area contributed by atoms with Gasteiger partial charge in [0.05, 0.1) is 10.7 Å². The maximum absolute atomic E-state index is 6.19. The van der Waals surface area contributed by atoms with Gasteiger partial charge in [0.25, 0.3) is 0 Å². The van der Waals surface area contributed by atoms with Crippen molar-refractivity contribution in [3.63, 3.8) is 0 Å². The van der Waals surface area contributed by atoms with Crippen LogP contribution < -0.4 is 5.32 Å². The lowest BCUT2D eigenvalue weighted by Crippen LogP contribution is -2.33. The third kappa shape index (κ3) is 2.26. The first-order chi connectivity index (χ1) is 8.24. The van der Waals surface area contributed by atoms with Crippen molar-refractivity contribution in [2.45, 2.75) is 31.3 Å². The molecular weight excluding hydrogens is 255 g/mol. The van der Waals surface area contributed by atoms with E-state index in [4.69, 9.17) is 23.2 Å². The lowest BCUT2D eigenvalue weighted by molar-refractivity contribution is 0.318. The summed E-state index contributed by atoms with van der Waals surface area (Å²) in [4.78, 5) is 2.58. The third-order valence-electron chi connectivity index (χ3n) is 3.88. The fraction of sp³-hybridized carbons (Fsp3) is 0.538.